The van der Waals surface area contributed by atoms with Gasteiger partial charge in [0.05, 0.1) is 10.5 Å². The van der Waals surface area contributed by atoms with E-state index in [0.717, 1.165) is 34.5 Å². The van der Waals surface area contributed by atoms with Crippen LogP contribution in [0.3, 0.4) is 0 Å². The van der Waals surface area contributed by atoms with Crippen molar-refractivity contribution in [2.75, 3.05) is 0 Å². The fourth-order valence-electron chi connectivity index (χ4n) is 1.55. The van der Waals surface area contributed by atoms with E-state index >= 15 is 0 Å². The van der Waals surface area contributed by atoms with Gasteiger partial charge in [-0.15, -0.1) is 0 Å². The summed E-state index contributed by atoms with van der Waals surface area (Å²) in [5.74, 6) is 0. The Hall–Kier alpha value is -1.08. The van der Waals surface area contributed by atoms with E-state index < -0.39 is 0 Å². The van der Waals surface area contributed by atoms with Gasteiger partial charge in [0.25, 0.3) is 0 Å². The number of aryl methyl sites for hydroxylation is 1. The Balaban J connectivity index is 2.58. The molecule has 0 N–H and O–H groups in total. The Morgan fingerprint density at radius 3 is 2.86 bits per heavy atom. The highest BCUT2D eigenvalue weighted by Crippen LogP contribution is 2.21. The molecule has 1 nitrogen and oxygen atoms in total. The third-order valence-corrected chi connectivity index (χ3v) is 2.54. The summed E-state index contributed by atoms with van der Waals surface area (Å²) in [7, 11) is 0. The van der Waals surface area contributed by atoms with Gasteiger partial charge in [0.2, 0.25) is 0 Å². The number of para-hydroxylation sites is 1. The van der Waals surface area contributed by atoms with Crippen LogP contribution in [0.15, 0.2) is 30.3 Å². The van der Waals surface area contributed by atoms with Gasteiger partial charge in [0.15, 0.2) is 0 Å². The predicted molar refractivity (Wildman–Crippen MR) is 60.7 cm³/mol. The zero-order valence-electron chi connectivity index (χ0n) is 8.13. The molecule has 0 saturated heterocycles. The second-order valence-electron chi connectivity index (χ2n) is 3.36. The van der Waals surface area contributed by atoms with Gasteiger partial charge in [-0.2, -0.15) is 0 Å². The molecule has 14 heavy (non-hydrogen) atoms. The van der Waals surface area contributed by atoms with Gasteiger partial charge in [0, 0.05) is 11.1 Å². The fourth-order valence-corrected chi connectivity index (χ4v) is 1.77. The van der Waals surface area contributed by atoms with Gasteiger partial charge >= 0.3 is 0 Å². The van der Waals surface area contributed by atoms with E-state index in [2.05, 4.69) is 24.0 Å². The molecule has 0 aliphatic carbocycles. The molecule has 0 bridgehead atoms. The Labute approximate surface area is 88.7 Å². The molecule has 0 amide bonds. The summed E-state index contributed by atoms with van der Waals surface area (Å²) in [5, 5.41) is 1.85. The second-order valence-corrected chi connectivity index (χ2v) is 3.77. The zero-order chi connectivity index (χ0) is 9.97. The van der Waals surface area contributed by atoms with Crippen molar-refractivity contribution in [3.8, 4) is 0 Å². The van der Waals surface area contributed by atoms with Crippen molar-refractivity contribution in [2.45, 2.75) is 19.8 Å². The third-order valence-electron chi connectivity index (χ3n) is 2.23. The number of fused-ring (bicyclic) bond motifs is 1. The topological polar surface area (TPSA) is 12.9 Å². The first kappa shape index (κ1) is 9.47. The molecule has 0 aliphatic rings. The lowest BCUT2D eigenvalue weighted by atomic mass is 10.1. The van der Waals surface area contributed by atoms with E-state index in [1.807, 2.05) is 18.2 Å². The predicted octanol–water partition coefficient (Wildman–Crippen LogP) is 3.84. The number of nitrogens with zero attached hydrogens (tertiary/aromatic N) is 1. The maximum absolute atomic E-state index is 6.07. The number of benzene rings is 1. The average molecular weight is 206 g/mol. The van der Waals surface area contributed by atoms with E-state index in [1.165, 1.54) is 0 Å². The first-order chi connectivity index (χ1) is 6.81. The van der Waals surface area contributed by atoms with Crippen LogP contribution in [0.4, 0.5) is 0 Å². The van der Waals surface area contributed by atoms with Crippen LogP contribution in [0.1, 0.15) is 19.0 Å². The molecule has 1 aromatic heterocycles. The minimum absolute atomic E-state index is 0.737. The maximum Gasteiger partial charge on any atom is 0.0891 e. The minimum atomic E-state index is 0.737. The van der Waals surface area contributed by atoms with E-state index in [1.54, 1.807) is 0 Å². The van der Waals surface area contributed by atoms with Crippen molar-refractivity contribution < 1.29 is 0 Å². The lowest BCUT2D eigenvalue weighted by Crippen LogP contribution is -1.89. The van der Waals surface area contributed by atoms with Gasteiger partial charge in [-0.05, 0) is 18.6 Å². The van der Waals surface area contributed by atoms with Crippen molar-refractivity contribution >= 4 is 22.5 Å². The lowest BCUT2D eigenvalue weighted by Gasteiger charge is -2.02. The molecule has 0 fully saturated rings. The van der Waals surface area contributed by atoms with Crippen LogP contribution in [-0.4, -0.2) is 4.98 Å². The van der Waals surface area contributed by atoms with E-state index in [-0.39, 0.29) is 0 Å². The number of aromatic nitrogens is 1. The first-order valence-corrected chi connectivity index (χ1v) is 5.23. The maximum atomic E-state index is 6.07. The molecule has 1 aromatic carbocycles. The molecule has 0 aliphatic heterocycles. The van der Waals surface area contributed by atoms with Crippen molar-refractivity contribution in [2.24, 2.45) is 0 Å². The number of halogens is 1. The summed E-state index contributed by atoms with van der Waals surface area (Å²) in [5.41, 5.74) is 2.04. The number of hydrogen-bond donors (Lipinski definition) is 0. The van der Waals surface area contributed by atoms with Gasteiger partial charge in [-0.25, -0.2) is 0 Å². The van der Waals surface area contributed by atoms with Crippen molar-refractivity contribution in [1.82, 2.24) is 4.98 Å². The van der Waals surface area contributed by atoms with Crippen LogP contribution in [0, 0.1) is 0 Å². The summed E-state index contributed by atoms with van der Waals surface area (Å²) in [4.78, 5) is 4.53. The highest BCUT2D eigenvalue weighted by molar-refractivity contribution is 6.35. The molecule has 0 unspecified atom stereocenters. The smallest absolute Gasteiger partial charge is 0.0891 e. The summed E-state index contributed by atoms with van der Waals surface area (Å²) in [6.07, 6.45) is 2.13. The van der Waals surface area contributed by atoms with Crippen LogP contribution >= 0.6 is 11.6 Å². The molecule has 2 aromatic rings. The summed E-state index contributed by atoms with van der Waals surface area (Å²) in [6, 6.07) is 10.0. The fraction of sp³-hybridized carbons (Fsp3) is 0.250. The number of rotatable bonds is 2. The average Bonchev–Trinajstić information content (AvgIpc) is 2.20. The van der Waals surface area contributed by atoms with Crippen LogP contribution in [0.25, 0.3) is 10.9 Å². The van der Waals surface area contributed by atoms with Gasteiger partial charge < -0.3 is 0 Å². The Morgan fingerprint density at radius 1 is 1.21 bits per heavy atom. The summed E-state index contributed by atoms with van der Waals surface area (Å²) in [6.45, 7) is 2.15. The second kappa shape index (κ2) is 3.97. The van der Waals surface area contributed by atoms with Crippen LogP contribution in [0.2, 0.25) is 5.02 Å². The standard InChI is InChI=1S/C12H12ClN/c1-2-4-10-8-7-9-5-3-6-11(13)12(9)14-10/h3,5-8H,2,4H2,1H3. The van der Waals surface area contributed by atoms with Crippen LogP contribution < -0.4 is 0 Å². The van der Waals surface area contributed by atoms with Crippen LogP contribution in [-0.2, 0) is 6.42 Å². The highest BCUT2D eigenvalue weighted by atomic mass is 35.5. The Kier molecular flexibility index (Phi) is 2.69. The van der Waals surface area contributed by atoms with Crippen LogP contribution in [0.5, 0.6) is 0 Å². The molecular formula is C12H12ClN. The molecule has 0 radical (unpaired) electrons. The summed E-state index contributed by atoms with van der Waals surface area (Å²) < 4.78 is 0. The van der Waals surface area contributed by atoms with Gasteiger partial charge in [-0.3, -0.25) is 4.98 Å². The molecule has 2 rings (SSSR count). The highest BCUT2D eigenvalue weighted by Gasteiger charge is 2.00. The number of hydrogen-bond acceptors (Lipinski definition) is 1. The van der Waals surface area contributed by atoms with Crippen molar-refractivity contribution in [3.63, 3.8) is 0 Å². The van der Waals surface area contributed by atoms with E-state index in [4.69, 9.17) is 11.6 Å². The van der Waals surface area contributed by atoms with Gasteiger partial charge in [0.1, 0.15) is 0 Å². The lowest BCUT2D eigenvalue weighted by molar-refractivity contribution is 0.890. The third kappa shape index (κ3) is 1.73. The molecule has 2 heteroatoms. The van der Waals surface area contributed by atoms with Crippen molar-refractivity contribution in [1.29, 1.82) is 0 Å². The monoisotopic (exact) mass is 205 g/mol. The Morgan fingerprint density at radius 2 is 2.07 bits per heavy atom. The molecule has 0 atom stereocenters. The Bertz CT molecular complexity index is 451. The minimum Gasteiger partial charge on any atom is -0.251 e. The molecule has 0 saturated carbocycles. The largest absolute Gasteiger partial charge is 0.251 e. The molecule has 72 valence electrons. The SMILES string of the molecule is CCCc1ccc2cccc(Cl)c2n1. The van der Waals surface area contributed by atoms with E-state index in [9.17, 15) is 0 Å². The summed E-state index contributed by atoms with van der Waals surface area (Å²) >= 11 is 6.07. The van der Waals surface area contributed by atoms with E-state index in [0.29, 0.717) is 0 Å². The van der Waals surface area contributed by atoms with Crippen molar-refractivity contribution in [3.05, 3.63) is 41.0 Å². The number of pyridine rings is 1. The zero-order valence-corrected chi connectivity index (χ0v) is 8.88. The molecule has 1 heterocycles. The van der Waals surface area contributed by atoms with Gasteiger partial charge in [-0.1, -0.05) is 43.1 Å². The molecule has 0 spiro atoms. The molecular weight excluding hydrogens is 194 g/mol. The normalized spacial score (nSPS) is 10.7. The quantitative estimate of drug-likeness (QED) is 0.726. The first-order valence-electron chi connectivity index (χ1n) is 4.85.